The van der Waals surface area contributed by atoms with Gasteiger partial charge < -0.3 is 5.11 Å². The maximum Gasteiger partial charge on any atom is 0.425 e. The molecule has 0 saturated carbocycles. The normalized spacial score (nSPS) is 16.6. The van der Waals surface area contributed by atoms with E-state index in [1.807, 2.05) is 0 Å². The highest BCUT2D eigenvalue weighted by Crippen LogP contribution is 2.57. The Morgan fingerprint density at radius 2 is 1.63 bits per heavy atom. The van der Waals surface area contributed by atoms with Crippen molar-refractivity contribution in [3.05, 3.63) is 95.8 Å². The molecular weight excluding hydrogens is 507 g/mol. The maximum absolute atomic E-state index is 14.7. The number of aromatic nitrogens is 2. The van der Waals surface area contributed by atoms with Crippen LogP contribution in [0.5, 0.6) is 0 Å². The molecule has 6 nitrogen and oxygen atoms in total. The fourth-order valence-corrected chi connectivity index (χ4v) is 4.56. The minimum Gasteiger partial charge on any atom is -0.372 e. The summed E-state index contributed by atoms with van der Waals surface area (Å²) in [6.07, 6.45) is -2.38. The number of rotatable bonds is 5. The molecule has 1 amide bonds. The topological polar surface area (TPSA) is 79.2 Å². The van der Waals surface area contributed by atoms with Gasteiger partial charge in [-0.25, -0.2) is 8.78 Å². The predicted molar refractivity (Wildman–Crippen MR) is 130 cm³/mol. The molecule has 0 aliphatic heterocycles. The van der Waals surface area contributed by atoms with Gasteiger partial charge in [-0.05, 0) is 66.9 Å². The molecule has 0 spiro atoms. The largest absolute Gasteiger partial charge is 0.425 e. The fourth-order valence-electron chi connectivity index (χ4n) is 4.56. The first-order valence-electron chi connectivity index (χ1n) is 11.4. The number of nitrogens with zero attached hydrogens (tertiary/aromatic N) is 2. The number of fused-ring (bicyclic) bond motifs is 3. The van der Waals surface area contributed by atoms with E-state index in [0.29, 0.717) is 11.8 Å². The first kappa shape index (κ1) is 25.4. The number of anilines is 1. The number of hydrazine groups is 1. The van der Waals surface area contributed by atoms with Crippen LogP contribution < -0.4 is 10.9 Å². The van der Waals surface area contributed by atoms with Crippen LogP contribution in [0.1, 0.15) is 25.0 Å². The third-order valence-corrected chi connectivity index (χ3v) is 6.68. The van der Waals surface area contributed by atoms with Gasteiger partial charge in [0.05, 0.1) is 11.9 Å². The van der Waals surface area contributed by atoms with Crippen LogP contribution in [-0.2, 0) is 15.9 Å². The fraction of sp³-hybridized carbons (Fsp3) is 0.185. The molecule has 0 saturated heterocycles. The van der Waals surface area contributed by atoms with Crippen molar-refractivity contribution in [3.63, 3.8) is 0 Å². The van der Waals surface area contributed by atoms with E-state index in [2.05, 4.69) is 16.0 Å². The lowest BCUT2D eigenvalue weighted by Crippen LogP contribution is -2.46. The number of amides is 1. The number of nitrogens with one attached hydrogen (secondary N) is 2. The van der Waals surface area contributed by atoms with Crippen LogP contribution in [0.2, 0.25) is 0 Å². The number of hydrogen-bond donors (Lipinski definition) is 3. The van der Waals surface area contributed by atoms with E-state index in [9.17, 15) is 31.9 Å². The lowest BCUT2D eigenvalue weighted by molar-refractivity contribution is -0.246. The highest BCUT2D eigenvalue weighted by Gasteiger charge is 2.61. The third kappa shape index (κ3) is 3.90. The monoisotopic (exact) mass is 528 g/mol. The van der Waals surface area contributed by atoms with Gasteiger partial charge in [-0.2, -0.15) is 18.3 Å². The van der Waals surface area contributed by atoms with Crippen molar-refractivity contribution in [2.75, 3.05) is 5.43 Å². The molecule has 3 aromatic carbocycles. The molecule has 11 heteroatoms. The van der Waals surface area contributed by atoms with Gasteiger partial charge in [0.25, 0.3) is 5.91 Å². The average Bonchev–Trinajstić information content (AvgIpc) is 3.46. The van der Waals surface area contributed by atoms with Crippen molar-refractivity contribution in [2.24, 2.45) is 0 Å². The van der Waals surface area contributed by atoms with E-state index < -0.39 is 46.0 Å². The molecule has 38 heavy (non-hydrogen) atoms. The van der Waals surface area contributed by atoms with Crippen LogP contribution >= 0.6 is 0 Å². The molecule has 5 rings (SSSR count). The number of carbonyl (C=O) groups is 1. The zero-order chi connectivity index (χ0) is 27.5. The molecule has 196 valence electrons. The summed E-state index contributed by atoms with van der Waals surface area (Å²) < 4.78 is 71.6. The predicted octanol–water partition coefficient (Wildman–Crippen LogP) is 5.49. The van der Waals surface area contributed by atoms with Crippen LogP contribution in [0, 0.1) is 11.6 Å². The van der Waals surface area contributed by atoms with Gasteiger partial charge in [-0.1, -0.05) is 24.3 Å². The lowest BCUT2D eigenvalue weighted by Gasteiger charge is -2.28. The number of halogens is 5. The maximum atomic E-state index is 14.7. The number of alkyl halides is 3. The Bertz CT molecular complexity index is 1550. The first-order valence-corrected chi connectivity index (χ1v) is 11.4. The molecule has 0 bridgehead atoms. The molecule has 1 atom stereocenters. The van der Waals surface area contributed by atoms with Crippen molar-refractivity contribution in [2.45, 2.75) is 31.2 Å². The Morgan fingerprint density at radius 3 is 2.32 bits per heavy atom. The minimum atomic E-state index is -5.11. The van der Waals surface area contributed by atoms with Crippen LogP contribution in [-0.4, -0.2) is 27.0 Å². The summed E-state index contributed by atoms with van der Waals surface area (Å²) in [7, 11) is 0. The van der Waals surface area contributed by atoms with E-state index in [1.54, 1.807) is 13.8 Å². The molecule has 1 heterocycles. The van der Waals surface area contributed by atoms with E-state index in [0.717, 1.165) is 12.1 Å². The van der Waals surface area contributed by atoms with Crippen molar-refractivity contribution in [3.8, 4) is 22.3 Å². The zero-order valence-corrected chi connectivity index (χ0v) is 20.1. The quantitative estimate of drug-likeness (QED) is 0.237. The standard InChI is InChI=1S/C27H21F5N4O2/c1-25(2,24(37)35-34-18-9-7-16(28)8-10-18)36-14-15(13-33-36)20-11-17(29)12-22-23(20)19-5-3-4-6-21(19)26(22,38)27(30,31)32/h3-14,34,38H,1-2H3,(H,35,37). The SMILES string of the molecule is CC(C)(C(=O)NNc1ccc(F)cc1)n1cc(-c2cc(F)cc3c2-c2ccccc2C3(O)C(F)(F)F)cn1. The Kier molecular flexibility index (Phi) is 5.79. The third-order valence-electron chi connectivity index (χ3n) is 6.68. The van der Waals surface area contributed by atoms with Gasteiger partial charge in [-0.15, -0.1) is 0 Å². The Hall–Kier alpha value is -4.25. The summed E-state index contributed by atoms with van der Waals surface area (Å²) in [4.78, 5) is 12.9. The molecule has 1 unspecified atom stereocenters. The molecule has 4 aromatic rings. The van der Waals surface area contributed by atoms with Crippen molar-refractivity contribution < 1.29 is 31.9 Å². The van der Waals surface area contributed by atoms with E-state index >= 15 is 0 Å². The van der Waals surface area contributed by atoms with Gasteiger partial charge in [0.2, 0.25) is 5.60 Å². The lowest BCUT2D eigenvalue weighted by atomic mass is 9.89. The number of carbonyl (C=O) groups excluding carboxylic acids is 1. The first-order chi connectivity index (χ1) is 17.8. The van der Waals surface area contributed by atoms with E-state index in [1.165, 1.54) is 59.5 Å². The van der Waals surface area contributed by atoms with Crippen LogP contribution in [0.15, 0.2) is 73.1 Å². The Labute approximate surface area is 213 Å². The second kappa shape index (κ2) is 8.66. The molecule has 1 aliphatic carbocycles. The number of benzene rings is 3. The molecule has 3 N–H and O–H groups in total. The summed E-state index contributed by atoms with van der Waals surface area (Å²) in [5, 5.41) is 15.1. The van der Waals surface area contributed by atoms with E-state index in [-0.39, 0.29) is 22.3 Å². The summed E-state index contributed by atoms with van der Waals surface area (Å²) in [5.74, 6) is -1.94. The Balaban J connectivity index is 1.53. The second-order valence-corrected chi connectivity index (χ2v) is 9.45. The van der Waals surface area contributed by atoms with Crippen LogP contribution in [0.25, 0.3) is 22.3 Å². The number of hydrogen-bond acceptors (Lipinski definition) is 4. The zero-order valence-electron chi connectivity index (χ0n) is 20.1. The molecule has 0 radical (unpaired) electrons. The summed E-state index contributed by atoms with van der Waals surface area (Å²) in [6.45, 7) is 3.11. The smallest absolute Gasteiger partial charge is 0.372 e. The summed E-state index contributed by atoms with van der Waals surface area (Å²) >= 11 is 0. The molecule has 1 aliphatic rings. The van der Waals surface area contributed by atoms with Gasteiger partial charge >= 0.3 is 6.18 Å². The van der Waals surface area contributed by atoms with Gasteiger partial charge in [0.1, 0.15) is 17.2 Å². The number of aliphatic hydroxyl groups is 1. The van der Waals surface area contributed by atoms with Gasteiger partial charge in [-0.3, -0.25) is 20.3 Å². The molecule has 1 aromatic heterocycles. The van der Waals surface area contributed by atoms with Crippen molar-refractivity contribution in [1.82, 2.24) is 15.2 Å². The average molecular weight is 528 g/mol. The van der Waals surface area contributed by atoms with Crippen LogP contribution in [0.3, 0.4) is 0 Å². The second-order valence-electron chi connectivity index (χ2n) is 9.45. The van der Waals surface area contributed by atoms with E-state index in [4.69, 9.17) is 0 Å². The van der Waals surface area contributed by atoms with Gasteiger partial charge in [0.15, 0.2) is 0 Å². The van der Waals surface area contributed by atoms with Crippen molar-refractivity contribution in [1.29, 1.82) is 0 Å². The molecular formula is C27H21F5N4O2. The summed E-state index contributed by atoms with van der Waals surface area (Å²) in [6, 6.07) is 12.6. The molecule has 0 fully saturated rings. The van der Waals surface area contributed by atoms with Crippen molar-refractivity contribution >= 4 is 11.6 Å². The van der Waals surface area contributed by atoms with Crippen LogP contribution in [0.4, 0.5) is 27.6 Å². The highest BCUT2D eigenvalue weighted by molar-refractivity contribution is 5.92. The highest BCUT2D eigenvalue weighted by atomic mass is 19.4. The van der Waals surface area contributed by atoms with Gasteiger partial charge in [0, 0.05) is 22.9 Å². The summed E-state index contributed by atoms with van der Waals surface area (Å²) in [5.41, 5.74) is 0.381. The minimum absolute atomic E-state index is 0.0293. The Morgan fingerprint density at radius 1 is 0.947 bits per heavy atom.